The van der Waals surface area contributed by atoms with Gasteiger partial charge in [0.2, 0.25) is 5.95 Å². The molecular formula is C30H30N6O2S. The topological polar surface area (TPSA) is 99.1 Å². The van der Waals surface area contributed by atoms with Crippen LogP contribution in [0.3, 0.4) is 0 Å². The molecule has 2 fully saturated rings. The predicted molar refractivity (Wildman–Crippen MR) is 155 cm³/mol. The third-order valence-corrected chi connectivity index (χ3v) is 9.49. The summed E-state index contributed by atoms with van der Waals surface area (Å²) in [5, 5.41) is 14.3. The first-order valence-electron chi connectivity index (χ1n) is 13.4. The molecular weight excluding hydrogens is 508 g/mol. The molecule has 1 saturated heterocycles. The zero-order chi connectivity index (χ0) is 26.6. The van der Waals surface area contributed by atoms with E-state index in [4.69, 9.17) is 4.98 Å². The van der Waals surface area contributed by atoms with Gasteiger partial charge in [0, 0.05) is 47.9 Å². The van der Waals surface area contributed by atoms with E-state index in [1.807, 2.05) is 48.7 Å². The third-order valence-electron chi connectivity index (χ3n) is 8.37. The lowest BCUT2D eigenvalue weighted by Crippen LogP contribution is -2.43. The highest BCUT2D eigenvalue weighted by Gasteiger charge is 2.49. The molecule has 1 atom stereocenters. The molecule has 9 heteroatoms. The number of H-pyrrole nitrogens is 1. The van der Waals surface area contributed by atoms with Crippen molar-refractivity contribution in [3.05, 3.63) is 78.5 Å². The molecule has 1 aliphatic heterocycles. The second-order valence-electron chi connectivity index (χ2n) is 10.9. The molecule has 198 valence electrons. The SMILES string of the molecule is C=CC(O)N1CCC2(CC(Cn3c(NC(=O)c4ccc(-c5ccnc6[nH]ccc56)s4)nc4ccccc43)C2)C1. The van der Waals surface area contributed by atoms with Crippen molar-refractivity contribution in [2.75, 3.05) is 18.4 Å². The molecule has 2 aliphatic rings. The number of benzene rings is 1. The van der Waals surface area contributed by atoms with E-state index in [2.05, 4.69) is 37.4 Å². The predicted octanol–water partition coefficient (Wildman–Crippen LogP) is 5.50. The molecule has 39 heavy (non-hydrogen) atoms. The molecule has 5 heterocycles. The number of fused-ring (bicyclic) bond motifs is 2. The van der Waals surface area contributed by atoms with Gasteiger partial charge in [-0.2, -0.15) is 0 Å². The van der Waals surface area contributed by atoms with E-state index in [9.17, 15) is 9.90 Å². The number of aromatic nitrogens is 4. The quantitative estimate of drug-likeness (QED) is 0.238. The number of aromatic amines is 1. The fraction of sp³-hybridized carbons (Fsp3) is 0.300. The van der Waals surface area contributed by atoms with Crippen LogP contribution < -0.4 is 5.32 Å². The number of hydrogen-bond acceptors (Lipinski definition) is 6. The molecule has 1 saturated carbocycles. The van der Waals surface area contributed by atoms with Gasteiger partial charge >= 0.3 is 0 Å². The number of pyridine rings is 1. The number of imidazole rings is 1. The van der Waals surface area contributed by atoms with Crippen molar-refractivity contribution in [3.8, 4) is 10.4 Å². The van der Waals surface area contributed by atoms with Crippen molar-refractivity contribution in [3.63, 3.8) is 0 Å². The number of hydrogen-bond donors (Lipinski definition) is 3. The Morgan fingerprint density at radius 3 is 3.00 bits per heavy atom. The number of nitrogens with zero attached hydrogens (tertiary/aromatic N) is 4. The number of para-hydroxylation sites is 2. The molecule has 0 bridgehead atoms. The summed E-state index contributed by atoms with van der Waals surface area (Å²) in [6.45, 7) is 6.36. The first kappa shape index (κ1) is 24.3. The van der Waals surface area contributed by atoms with Crippen molar-refractivity contribution >= 4 is 45.3 Å². The number of rotatable bonds is 7. The van der Waals surface area contributed by atoms with Gasteiger partial charge in [0.15, 0.2) is 0 Å². The molecule has 4 aromatic heterocycles. The number of carbonyl (C=O) groups excluding carboxylic acids is 1. The Morgan fingerprint density at radius 2 is 2.13 bits per heavy atom. The summed E-state index contributed by atoms with van der Waals surface area (Å²) in [6, 6.07) is 15.9. The molecule has 5 aromatic rings. The lowest BCUT2D eigenvalue weighted by molar-refractivity contribution is 0.0138. The van der Waals surface area contributed by atoms with E-state index in [0.717, 1.165) is 71.4 Å². The van der Waals surface area contributed by atoms with Crippen LogP contribution in [0, 0.1) is 11.3 Å². The summed E-state index contributed by atoms with van der Waals surface area (Å²) in [6.07, 6.45) is 8.04. The number of thiophene rings is 1. The number of carbonyl (C=O) groups is 1. The maximum absolute atomic E-state index is 13.4. The molecule has 1 aromatic carbocycles. The van der Waals surface area contributed by atoms with Crippen LogP contribution in [0.15, 0.2) is 73.6 Å². The monoisotopic (exact) mass is 538 g/mol. The molecule has 7 rings (SSSR count). The van der Waals surface area contributed by atoms with Crippen molar-refractivity contribution < 1.29 is 9.90 Å². The highest BCUT2D eigenvalue weighted by Crippen LogP contribution is 2.53. The van der Waals surface area contributed by atoms with Gasteiger partial charge in [0.25, 0.3) is 5.91 Å². The van der Waals surface area contributed by atoms with Gasteiger partial charge in [-0.1, -0.05) is 18.7 Å². The summed E-state index contributed by atoms with van der Waals surface area (Å²) in [7, 11) is 0. The van der Waals surface area contributed by atoms with E-state index in [1.165, 1.54) is 11.3 Å². The standard InChI is InChI=1S/C30H30N6O2S/c1-2-26(37)35-14-11-30(18-35)15-19(16-30)17-36-23-6-4-3-5-22(23)33-29(36)34-28(38)25-8-7-24(39-25)20-9-12-31-27-21(20)10-13-32-27/h2-10,12-13,19,26,37H,1,11,14-18H2,(H,31,32)(H,33,34,38). The van der Waals surface area contributed by atoms with Crippen LogP contribution in [0.4, 0.5) is 5.95 Å². The average Bonchev–Trinajstić information content (AvgIpc) is 3.73. The van der Waals surface area contributed by atoms with E-state index in [1.54, 1.807) is 12.3 Å². The highest BCUT2D eigenvalue weighted by molar-refractivity contribution is 7.17. The molecule has 3 N–H and O–H groups in total. The summed E-state index contributed by atoms with van der Waals surface area (Å²) >= 11 is 1.47. The Bertz CT molecular complexity index is 1690. The van der Waals surface area contributed by atoms with E-state index < -0.39 is 6.23 Å². The van der Waals surface area contributed by atoms with Crippen molar-refractivity contribution in [2.45, 2.75) is 32.0 Å². The molecule has 1 spiro atoms. The van der Waals surface area contributed by atoms with Crippen LogP contribution in [-0.4, -0.2) is 54.8 Å². The van der Waals surface area contributed by atoms with Crippen LogP contribution in [0.25, 0.3) is 32.5 Å². The van der Waals surface area contributed by atoms with Crippen molar-refractivity contribution in [1.82, 2.24) is 24.4 Å². The first-order chi connectivity index (χ1) is 19.0. The van der Waals surface area contributed by atoms with Gasteiger partial charge in [-0.15, -0.1) is 11.3 Å². The van der Waals surface area contributed by atoms with E-state index >= 15 is 0 Å². The third kappa shape index (κ3) is 4.27. The van der Waals surface area contributed by atoms with Gasteiger partial charge in [-0.05, 0) is 73.1 Å². The first-order valence-corrected chi connectivity index (χ1v) is 14.2. The number of nitrogens with one attached hydrogen (secondary N) is 2. The molecule has 1 aliphatic carbocycles. The van der Waals surface area contributed by atoms with Crippen LogP contribution in [0.2, 0.25) is 0 Å². The number of likely N-dealkylation sites (tertiary alicyclic amines) is 1. The second kappa shape index (κ2) is 9.44. The Hall–Kier alpha value is -3.79. The largest absolute Gasteiger partial charge is 0.375 e. The van der Waals surface area contributed by atoms with Crippen LogP contribution in [-0.2, 0) is 6.54 Å². The van der Waals surface area contributed by atoms with Gasteiger partial charge in [-0.3, -0.25) is 15.0 Å². The molecule has 8 nitrogen and oxygen atoms in total. The lowest BCUT2D eigenvalue weighted by Gasteiger charge is -2.46. The van der Waals surface area contributed by atoms with Crippen LogP contribution in [0.1, 0.15) is 28.9 Å². The van der Waals surface area contributed by atoms with Crippen molar-refractivity contribution in [2.24, 2.45) is 11.3 Å². The Morgan fingerprint density at radius 1 is 1.26 bits per heavy atom. The lowest BCUT2D eigenvalue weighted by atomic mass is 9.61. The Kier molecular flexibility index (Phi) is 5.88. The summed E-state index contributed by atoms with van der Waals surface area (Å²) < 4.78 is 2.16. The molecule has 1 amide bonds. The van der Waals surface area contributed by atoms with E-state index in [0.29, 0.717) is 16.7 Å². The number of anilines is 1. The summed E-state index contributed by atoms with van der Waals surface area (Å²) in [5.41, 5.74) is 4.08. The van der Waals surface area contributed by atoms with Crippen LogP contribution >= 0.6 is 11.3 Å². The highest BCUT2D eigenvalue weighted by atomic mass is 32.1. The zero-order valence-corrected chi connectivity index (χ0v) is 22.3. The minimum absolute atomic E-state index is 0.155. The number of amides is 1. The smallest absolute Gasteiger partial charge is 0.268 e. The van der Waals surface area contributed by atoms with Crippen molar-refractivity contribution in [1.29, 1.82) is 0 Å². The Balaban J connectivity index is 1.10. The minimum atomic E-state index is -0.562. The number of aliphatic hydroxyl groups excluding tert-OH is 1. The summed E-state index contributed by atoms with van der Waals surface area (Å²) in [5.74, 6) is 0.934. The maximum atomic E-state index is 13.4. The van der Waals surface area contributed by atoms with Gasteiger partial charge in [-0.25, -0.2) is 9.97 Å². The van der Waals surface area contributed by atoms with Gasteiger partial charge in [0.1, 0.15) is 11.9 Å². The fourth-order valence-electron chi connectivity index (χ4n) is 6.53. The second-order valence-corrected chi connectivity index (χ2v) is 12.0. The van der Waals surface area contributed by atoms with Gasteiger partial charge in [0.05, 0.1) is 15.9 Å². The van der Waals surface area contributed by atoms with E-state index in [-0.39, 0.29) is 11.3 Å². The zero-order valence-electron chi connectivity index (χ0n) is 21.5. The Labute approximate surface area is 230 Å². The normalized spacial score (nSPS) is 21.9. The fourth-order valence-corrected chi connectivity index (χ4v) is 7.47. The minimum Gasteiger partial charge on any atom is -0.375 e. The number of aliphatic hydroxyl groups is 1. The molecule has 1 unspecified atom stereocenters. The molecule has 0 radical (unpaired) electrons. The van der Waals surface area contributed by atoms with Gasteiger partial charge < -0.3 is 14.7 Å². The maximum Gasteiger partial charge on any atom is 0.268 e. The van der Waals surface area contributed by atoms with Crippen LogP contribution in [0.5, 0.6) is 0 Å². The summed E-state index contributed by atoms with van der Waals surface area (Å²) in [4.78, 5) is 29.5. The average molecular weight is 539 g/mol.